The molecular weight excluding hydrogens is 312 g/mol. The lowest BCUT2D eigenvalue weighted by molar-refractivity contribution is 0.578. The molecule has 0 amide bonds. The summed E-state index contributed by atoms with van der Waals surface area (Å²) in [5.41, 5.74) is 3.63. The zero-order chi connectivity index (χ0) is 13.8. The molecule has 1 fully saturated rings. The van der Waals surface area contributed by atoms with Crippen molar-refractivity contribution < 1.29 is 0 Å². The molecule has 0 aromatic heterocycles. The summed E-state index contributed by atoms with van der Waals surface area (Å²) < 4.78 is 1.10. The molecule has 3 rings (SSSR count). The summed E-state index contributed by atoms with van der Waals surface area (Å²) in [6, 6.07) is 16.9. The van der Waals surface area contributed by atoms with Crippen LogP contribution in [0.4, 0.5) is 17.1 Å². The molecule has 104 valence electrons. The Kier molecular flexibility index (Phi) is 4.26. The van der Waals surface area contributed by atoms with E-state index in [4.69, 9.17) is 0 Å². The van der Waals surface area contributed by atoms with Crippen molar-refractivity contribution in [3.05, 3.63) is 53.0 Å². The molecule has 2 aromatic rings. The fourth-order valence-corrected chi connectivity index (χ4v) is 2.94. The number of hydrogen-bond donors (Lipinski definition) is 1. The fraction of sp³-hybridized carbons (Fsp3) is 0.294. The highest BCUT2D eigenvalue weighted by molar-refractivity contribution is 9.10. The van der Waals surface area contributed by atoms with E-state index in [1.807, 2.05) is 0 Å². The summed E-state index contributed by atoms with van der Waals surface area (Å²) in [4.78, 5) is 2.49. The standard InChI is InChI=1S/C17H19BrN2/c18-14-8-10-15(11-9-14)19-16-6-2-3-7-17(16)20-12-4-1-5-13-20/h2-3,6-11,19H,1,4-5,12-13H2. The first kappa shape index (κ1) is 13.5. The average Bonchev–Trinajstić information content (AvgIpc) is 2.51. The topological polar surface area (TPSA) is 15.3 Å². The summed E-state index contributed by atoms with van der Waals surface area (Å²) >= 11 is 3.47. The van der Waals surface area contributed by atoms with Crippen molar-refractivity contribution in [2.75, 3.05) is 23.3 Å². The van der Waals surface area contributed by atoms with Crippen LogP contribution in [0.25, 0.3) is 0 Å². The molecule has 1 saturated heterocycles. The summed E-state index contributed by atoms with van der Waals surface area (Å²) in [7, 11) is 0. The molecule has 0 saturated carbocycles. The third-order valence-corrected chi connectivity index (χ3v) is 4.25. The second-order valence-corrected chi connectivity index (χ2v) is 6.11. The van der Waals surface area contributed by atoms with E-state index in [0.717, 1.165) is 10.2 Å². The Bertz CT molecular complexity index is 559. The monoisotopic (exact) mass is 330 g/mol. The molecule has 0 aliphatic carbocycles. The van der Waals surface area contributed by atoms with Gasteiger partial charge in [-0.3, -0.25) is 0 Å². The molecule has 0 unspecified atom stereocenters. The smallest absolute Gasteiger partial charge is 0.0622 e. The van der Waals surface area contributed by atoms with Crippen LogP contribution in [0.3, 0.4) is 0 Å². The van der Waals surface area contributed by atoms with Crippen molar-refractivity contribution in [3.8, 4) is 0 Å². The molecule has 20 heavy (non-hydrogen) atoms. The van der Waals surface area contributed by atoms with Gasteiger partial charge in [-0.1, -0.05) is 28.1 Å². The summed E-state index contributed by atoms with van der Waals surface area (Å²) in [6.07, 6.45) is 3.96. The first-order valence-corrected chi connectivity index (χ1v) is 7.99. The van der Waals surface area contributed by atoms with E-state index in [0.29, 0.717) is 0 Å². The van der Waals surface area contributed by atoms with Crippen molar-refractivity contribution >= 4 is 33.0 Å². The van der Waals surface area contributed by atoms with E-state index >= 15 is 0 Å². The Morgan fingerprint density at radius 2 is 1.55 bits per heavy atom. The lowest BCUT2D eigenvalue weighted by Crippen LogP contribution is -2.29. The van der Waals surface area contributed by atoms with Crippen LogP contribution in [0.2, 0.25) is 0 Å². The zero-order valence-corrected chi connectivity index (χ0v) is 13.1. The predicted octanol–water partition coefficient (Wildman–Crippen LogP) is 5.18. The van der Waals surface area contributed by atoms with Gasteiger partial charge in [0.1, 0.15) is 0 Å². The van der Waals surface area contributed by atoms with Gasteiger partial charge in [-0.05, 0) is 55.7 Å². The quantitative estimate of drug-likeness (QED) is 0.833. The second kappa shape index (κ2) is 6.31. The van der Waals surface area contributed by atoms with Crippen LogP contribution in [0, 0.1) is 0 Å². The van der Waals surface area contributed by atoms with E-state index in [1.54, 1.807) is 0 Å². The van der Waals surface area contributed by atoms with Crippen LogP contribution in [-0.4, -0.2) is 13.1 Å². The van der Waals surface area contributed by atoms with Crippen LogP contribution in [-0.2, 0) is 0 Å². The van der Waals surface area contributed by atoms with Gasteiger partial charge in [0.2, 0.25) is 0 Å². The number of nitrogens with one attached hydrogen (secondary N) is 1. The summed E-state index contributed by atoms with van der Waals surface area (Å²) in [5.74, 6) is 0. The van der Waals surface area contributed by atoms with Crippen molar-refractivity contribution in [1.29, 1.82) is 0 Å². The second-order valence-electron chi connectivity index (χ2n) is 5.20. The summed E-state index contributed by atoms with van der Waals surface area (Å²) in [6.45, 7) is 2.33. The number of rotatable bonds is 3. The minimum absolute atomic E-state index is 1.10. The molecule has 0 bridgehead atoms. The Balaban J connectivity index is 1.83. The maximum absolute atomic E-state index is 3.53. The van der Waals surface area contributed by atoms with Gasteiger partial charge in [0.05, 0.1) is 11.4 Å². The molecule has 1 heterocycles. The highest BCUT2D eigenvalue weighted by Crippen LogP contribution is 2.30. The molecule has 0 radical (unpaired) electrons. The third-order valence-electron chi connectivity index (χ3n) is 3.72. The first-order valence-electron chi connectivity index (χ1n) is 7.19. The fourth-order valence-electron chi connectivity index (χ4n) is 2.68. The van der Waals surface area contributed by atoms with E-state index in [9.17, 15) is 0 Å². The van der Waals surface area contributed by atoms with Gasteiger partial charge < -0.3 is 10.2 Å². The Morgan fingerprint density at radius 1 is 0.850 bits per heavy atom. The molecule has 2 nitrogen and oxygen atoms in total. The predicted molar refractivity (Wildman–Crippen MR) is 89.9 cm³/mol. The molecule has 1 N–H and O–H groups in total. The van der Waals surface area contributed by atoms with Gasteiger partial charge in [0.25, 0.3) is 0 Å². The highest BCUT2D eigenvalue weighted by Gasteiger charge is 2.13. The Morgan fingerprint density at radius 3 is 2.30 bits per heavy atom. The average molecular weight is 331 g/mol. The lowest BCUT2D eigenvalue weighted by atomic mass is 10.1. The van der Waals surface area contributed by atoms with E-state index < -0.39 is 0 Å². The first-order chi connectivity index (χ1) is 9.83. The van der Waals surface area contributed by atoms with Gasteiger partial charge >= 0.3 is 0 Å². The number of para-hydroxylation sites is 2. The number of hydrogen-bond acceptors (Lipinski definition) is 2. The largest absolute Gasteiger partial charge is 0.370 e. The maximum Gasteiger partial charge on any atom is 0.0622 e. The Hall–Kier alpha value is -1.48. The number of nitrogens with zero attached hydrogens (tertiary/aromatic N) is 1. The highest BCUT2D eigenvalue weighted by atomic mass is 79.9. The van der Waals surface area contributed by atoms with Crippen LogP contribution >= 0.6 is 15.9 Å². The summed E-state index contributed by atoms with van der Waals surface area (Å²) in [5, 5.41) is 3.53. The number of halogens is 1. The molecule has 0 atom stereocenters. The van der Waals surface area contributed by atoms with Gasteiger partial charge in [-0.2, -0.15) is 0 Å². The maximum atomic E-state index is 3.53. The van der Waals surface area contributed by atoms with Gasteiger partial charge in [0.15, 0.2) is 0 Å². The molecule has 0 spiro atoms. The Labute approximate surface area is 128 Å². The van der Waals surface area contributed by atoms with E-state index in [1.165, 1.54) is 43.7 Å². The van der Waals surface area contributed by atoms with Crippen LogP contribution in [0.15, 0.2) is 53.0 Å². The van der Waals surface area contributed by atoms with Gasteiger partial charge in [-0.25, -0.2) is 0 Å². The number of piperidine rings is 1. The molecule has 1 aliphatic rings. The van der Waals surface area contributed by atoms with Gasteiger partial charge in [0, 0.05) is 23.2 Å². The molecule has 2 aromatic carbocycles. The number of benzene rings is 2. The van der Waals surface area contributed by atoms with Crippen LogP contribution in [0.5, 0.6) is 0 Å². The van der Waals surface area contributed by atoms with E-state index in [-0.39, 0.29) is 0 Å². The van der Waals surface area contributed by atoms with Crippen LogP contribution < -0.4 is 10.2 Å². The molecule has 1 aliphatic heterocycles. The van der Waals surface area contributed by atoms with E-state index in [2.05, 4.69) is 74.7 Å². The van der Waals surface area contributed by atoms with Crippen LogP contribution in [0.1, 0.15) is 19.3 Å². The van der Waals surface area contributed by atoms with Crippen molar-refractivity contribution in [2.24, 2.45) is 0 Å². The zero-order valence-electron chi connectivity index (χ0n) is 11.5. The minimum atomic E-state index is 1.10. The van der Waals surface area contributed by atoms with Crippen molar-refractivity contribution in [1.82, 2.24) is 0 Å². The van der Waals surface area contributed by atoms with Crippen molar-refractivity contribution in [2.45, 2.75) is 19.3 Å². The normalized spacial score (nSPS) is 15.2. The molecular formula is C17H19BrN2. The SMILES string of the molecule is Brc1ccc(Nc2ccccc2N2CCCCC2)cc1. The molecule has 3 heteroatoms. The van der Waals surface area contributed by atoms with Crippen molar-refractivity contribution in [3.63, 3.8) is 0 Å². The van der Waals surface area contributed by atoms with Gasteiger partial charge in [-0.15, -0.1) is 0 Å². The third kappa shape index (κ3) is 3.15. The minimum Gasteiger partial charge on any atom is -0.370 e. The lowest BCUT2D eigenvalue weighted by Gasteiger charge is -2.30. The number of anilines is 3.